The van der Waals surface area contributed by atoms with Crippen LogP contribution in [0.1, 0.15) is 85.8 Å². The van der Waals surface area contributed by atoms with Crippen molar-refractivity contribution in [2.24, 2.45) is 23.7 Å². The van der Waals surface area contributed by atoms with E-state index in [0.717, 1.165) is 36.5 Å². The second-order valence-electron chi connectivity index (χ2n) is 19.6. The maximum absolute atomic E-state index is 2.51. The predicted octanol–water partition coefficient (Wildman–Crippen LogP) is 15.5. The van der Waals surface area contributed by atoms with Crippen molar-refractivity contribution < 1.29 is 0 Å². The summed E-state index contributed by atoms with van der Waals surface area (Å²) in [6.07, 6.45) is 13.9. The summed E-state index contributed by atoms with van der Waals surface area (Å²) in [5.41, 5.74) is 23.5. The maximum atomic E-state index is 2.51. The number of anilines is 3. The van der Waals surface area contributed by atoms with Gasteiger partial charge >= 0.3 is 0 Å². The third-order valence-corrected chi connectivity index (χ3v) is 16.3. The van der Waals surface area contributed by atoms with E-state index in [1.165, 1.54) is 116 Å². The first-order valence-corrected chi connectivity index (χ1v) is 22.7. The molecule has 14 rings (SSSR count). The number of allylic oxidation sites excluding steroid dienone is 1. The molecule has 0 radical (unpaired) electrons. The van der Waals surface area contributed by atoms with Crippen molar-refractivity contribution in [3.63, 3.8) is 0 Å². The van der Waals surface area contributed by atoms with Crippen molar-refractivity contribution in [2.75, 3.05) is 4.90 Å². The van der Waals surface area contributed by atoms with E-state index in [2.05, 4.69) is 183 Å². The van der Waals surface area contributed by atoms with Crippen molar-refractivity contribution in [2.45, 2.75) is 69.6 Å². The topological polar surface area (TPSA) is 3.24 Å². The molecule has 1 heteroatoms. The third kappa shape index (κ3) is 4.81. The van der Waals surface area contributed by atoms with Crippen molar-refractivity contribution in [1.29, 1.82) is 0 Å². The second-order valence-corrected chi connectivity index (χ2v) is 19.6. The Morgan fingerprint density at radius 3 is 1.73 bits per heavy atom. The standard InChI is InChI=1S/C59H51N/c1-58(2)54-19-7-5-14-50(54)52-30-29-46(36-56(52)58)60(44-25-21-40(22-26-44)48-16-9-12-39-11-3-4-13-47(39)48)45-27-23-41(24-28-45)49-17-10-18-53-51-15-6-8-20-55(51)59(57(49)53)42-32-37-31-38(34-42)35-43(59)33-37/h4-10,12-30,36-38,42-43H,3,11,31-35H2,1-2H3. The molecule has 7 aliphatic rings. The van der Waals surface area contributed by atoms with E-state index in [-0.39, 0.29) is 10.8 Å². The summed E-state index contributed by atoms with van der Waals surface area (Å²) in [6, 6.07) is 58.6. The molecule has 0 atom stereocenters. The van der Waals surface area contributed by atoms with Gasteiger partial charge in [0.05, 0.1) is 0 Å². The van der Waals surface area contributed by atoms with Crippen LogP contribution < -0.4 is 4.90 Å². The average Bonchev–Trinajstić information content (AvgIpc) is 3.71. The molecule has 292 valence electrons. The molecule has 7 aromatic carbocycles. The fraction of sp³-hybridized carbons (Fsp3) is 0.254. The lowest BCUT2D eigenvalue weighted by atomic mass is 9.42. The Labute approximate surface area is 355 Å². The third-order valence-electron chi connectivity index (χ3n) is 16.3. The van der Waals surface area contributed by atoms with Crippen LogP contribution in [0, 0.1) is 23.7 Å². The fourth-order valence-electron chi connectivity index (χ4n) is 14.0. The number of hydrogen-bond donors (Lipinski definition) is 0. The molecule has 60 heavy (non-hydrogen) atoms. The molecule has 0 aliphatic heterocycles. The first-order valence-electron chi connectivity index (χ1n) is 22.7. The Balaban J connectivity index is 0.938. The van der Waals surface area contributed by atoms with Gasteiger partial charge in [0.2, 0.25) is 0 Å². The monoisotopic (exact) mass is 773 g/mol. The highest BCUT2D eigenvalue weighted by Crippen LogP contribution is 2.70. The number of hydrogen-bond acceptors (Lipinski definition) is 1. The minimum atomic E-state index is -0.0829. The Hall–Kier alpha value is -5.92. The highest BCUT2D eigenvalue weighted by Gasteiger charge is 2.62. The zero-order chi connectivity index (χ0) is 39.7. The molecular formula is C59H51N. The van der Waals surface area contributed by atoms with Gasteiger partial charge in [-0.05, 0) is 183 Å². The lowest BCUT2D eigenvalue weighted by Crippen LogP contribution is -2.55. The molecular weight excluding hydrogens is 723 g/mol. The Morgan fingerprint density at radius 2 is 1.02 bits per heavy atom. The summed E-state index contributed by atoms with van der Waals surface area (Å²) < 4.78 is 0. The SMILES string of the molecule is CC1(C)c2ccccc2-c2ccc(N(c3ccc(-c4cccc5c4C=CCC5)cc3)c3ccc(-c4cccc5c4C4(c6ccccc6-5)C5CC6CC(C5)CC4C6)cc3)cc21. The van der Waals surface area contributed by atoms with E-state index in [4.69, 9.17) is 0 Å². The van der Waals surface area contributed by atoms with Crippen LogP contribution in [0.15, 0.2) is 158 Å². The Morgan fingerprint density at radius 1 is 0.467 bits per heavy atom. The Bertz CT molecular complexity index is 2880. The van der Waals surface area contributed by atoms with E-state index < -0.39 is 0 Å². The number of rotatable bonds is 5. The molecule has 0 N–H and O–H groups in total. The fourth-order valence-corrected chi connectivity index (χ4v) is 14.0. The van der Waals surface area contributed by atoms with Gasteiger partial charge in [-0.3, -0.25) is 0 Å². The predicted molar refractivity (Wildman–Crippen MR) is 250 cm³/mol. The molecule has 0 unspecified atom stereocenters. The minimum absolute atomic E-state index is 0.0829. The molecule has 0 heterocycles. The molecule has 1 spiro atoms. The van der Waals surface area contributed by atoms with Crippen LogP contribution in [-0.2, 0) is 17.3 Å². The van der Waals surface area contributed by atoms with Crippen molar-refractivity contribution in [3.05, 3.63) is 191 Å². The zero-order valence-corrected chi connectivity index (χ0v) is 34.8. The van der Waals surface area contributed by atoms with Gasteiger partial charge in [0, 0.05) is 27.9 Å². The van der Waals surface area contributed by atoms with Crippen LogP contribution in [-0.4, -0.2) is 0 Å². The van der Waals surface area contributed by atoms with Crippen molar-refractivity contribution in [1.82, 2.24) is 0 Å². The number of aryl methyl sites for hydroxylation is 1. The lowest BCUT2D eigenvalue weighted by Gasteiger charge is -2.61. The number of nitrogens with zero attached hydrogens (tertiary/aromatic N) is 1. The molecule has 7 aromatic rings. The largest absolute Gasteiger partial charge is 0.310 e. The van der Waals surface area contributed by atoms with Crippen LogP contribution in [0.5, 0.6) is 0 Å². The number of fused-ring (bicyclic) bond motifs is 7. The summed E-state index contributed by atoms with van der Waals surface area (Å²) >= 11 is 0. The van der Waals surface area contributed by atoms with Gasteiger partial charge in [-0.15, -0.1) is 0 Å². The molecule has 7 aliphatic carbocycles. The molecule has 4 saturated carbocycles. The van der Waals surface area contributed by atoms with Crippen LogP contribution in [0.2, 0.25) is 0 Å². The van der Waals surface area contributed by atoms with Gasteiger partial charge in [0.1, 0.15) is 0 Å². The molecule has 4 bridgehead atoms. The van der Waals surface area contributed by atoms with Gasteiger partial charge in [-0.2, -0.15) is 0 Å². The quantitative estimate of drug-likeness (QED) is 0.168. The maximum Gasteiger partial charge on any atom is 0.0465 e. The van der Waals surface area contributed by atoms with Crippen molar-refractivity contribution >= 4 is 23.1 Å². The zero-order valence-electron chi connectivity index (χ0n) is 34.8. The first-order chi connectivity index (χ1) is 29.5. The molecule has 0 aromatic heterocycles. The number of benzene rings is 7. The van der Waals surface area contributed by atoms with Crippen LogP contribution in [0.3, 0.4) is 0 Å². The van der Waals surface area contributed by atoms with Gasteiger partial charge in [0.25, 0.3) is 0 Å². The first kappa shape index (κ1) is 34.9. The summed E-state index contributed by atoms with van der Waals surface area (Å²) in [6.45, 7) is 4.77. The van der Waals surface area contributed by atoms with E-state index >= 15 is 0 Å². The summed E-state index contributed by atoms with van der Waals surface area (Å²) in [5, 5.41) is 0. The van der Waals surface area contributed by atoms with Crippen LogP contribution in [0.4, 0.5) is 17.1 Å². The highest BCUT2D eigenvalue weighted by molar-refractivity contribution is 5.91. The molecule has 4 fully saturated rings. The van der Waals surface area contributed by atoms with Crippen LogP contribution in [0.25, 0.3) is 50.6 Å². The van der Waals surface area contributed by atoms with Gasteiger partial charge in [-0.25, -0.2) is 0 Å². The normalized spacial score (nSPS) is 24.2. The van der Waals surface area contributed by atoms with E-state index in [0.29, 0.717) is 0 Å². The van der Waals surface area contributed by atoms with Crippen molar-refractivity contribution in [3.8, 4) is 44.5 Å². The Kier molecular flexibility index (Phi) is 7.44. The summed E-state index contributed by atoms with van der Waals surface area (Å²) in [5.74, 6) is 3.33. The molecule has 1 nitrogen and oxygen atoms in total. The molecule has 0 amide bonds. The summed E-state index contributed by atoms with van der Waals surface area (Å²) in [4.78, 5) is 2.48. The smallest absolute Gasteiger partial charge is 0.0465 e. The van der Waals surface area contributed by atoms with Gasteiger partial charge in [0.15, 0.2) is 0 Å². The molecule has 0 saturated heterocycles. The summed E-state index contributed by atoms with van der Waals surface area (Å²) in [7, 11) is 0. The minimum Gasteiger partial charge on any atom is -0.310 e. The van der Waals surface area contributed by atoms with E-state index in [9.17, 15) is 0 Å². The highest BCUT2D eigenvalue weighted by atomic mass is 15.1. The lowest BCUT2D eigenvalue weighted by molar-refractivity contribution is -0.0397. The van der Waals surface area contributed by atoms with Gasteiger partial charge < -0.3 is 4.90 Å². The average molecular weight is 774 g/mol. The van der Waals surface area contributed by atoms with Crippen LogP contribution >= 0.6 is 0 Å². The van der Waals surface area contributed by atoms with E-state index in [1.807, 2.05) is 0 Å². The van der Waals surface area contributed by atoms with E-state index in [1.54, 1.807) is 11.1 Å². The second kappa shape index (κ2) is 12.8. The van der Waals surface area contributed by atoms with Gasteiger partial charge in [-0.1, -0.05) is 141 Å².